The largest absolute Gasteiger partial charge is 0.493 e. The fourth-order valence-electron chi connectivity index (χ4n) is 3.88. The number of amides is 1. The number of carbonyl (C=O) groups is 1. The summed E-state index contributed by atoms with van der Waals surface area (Å²) in [6.07, 6.45) is 4.96. The molecule has 0 aliphatic carbocycles. The standard InChI is InChI=1S/C30H23ClN4O3/c1-37-29-15-21(10-13-28(29)38-19-20-8-11-23(31)12-9-20)17-33-35-30(36)25-16-27(22-5-4-14-32-18-22)34-26-7-3-2-6-24(25)26/h2-18H,19H2,1H3,(H,35,36)/b33-17-. The van der Waals surface area contributed by atoms with E-state index in [9.17, 15) is 4.79 Å². The monoisotopic (exact) mass is 522 g/mol. The second kappa shape index (κ2) is 11.5. The fraction of sp³-hybridized carbons (Fsp3) is 0.0667. The van der Waals surface area contributed by atoms with Gasteiger partial charge in [-0.2, -0.15) is 5.10 Å². The van der Waals surface area contributed by atoms with Crippen molar-refractivity contribution in [1.29, 1.82) is 0 Å². The smallest absolute Gasteiger partial charge is 0.272 e. The van der Waals surface area contributed by atoms with E-state index < -0.39 is 0 Å². The van der Waals surface area contributed by atoms with E-state index in [-0.39, 0.29) is 5.91 Å². The molecule has 2 aromatic heterocycles. The summed E-state index contributed by atoms with van der Waals surface area (Å²) in [6, 6.07) is 25.9. The Morgan fingerprint density at radius 2 is 1.84 bits per heavy atom. The number of benzene rings is 3. The van der Waals surface area contributed by atoms with Gasteiger partial charge in [-0.05, 0) is 65.7 Å². The van der Waals surface area contributed by atoms with Crippen LogP contribution in [-0.4, -0.2) is 29.2 Å². The number of methoxy groups -OCH3 is 1. The Morgan fingerprint density at radius 1 is 1.00 bits per heavy atom. The van der Waals surface area contributed by atoms with Gasteiger partial charge in [0.25, 0.3) is 5.91 Å². The topological polar surface area (TPSA) is 85.7 Å². The minimum Gasteiger partial charge on any atom is -0.493 e. The average molecular weight is 523 g/mol. The van der Waals surface area contributed by atoms with Crippen LogP contribution in [0.25, 0.3) is 22.2 Å². The minimum absolute atomic E-state index is 0.347. The molecule has 8 heteroatoms. The highest BCUT2D eigenvalue weighted by Gasteiger charge is 2.14. The molecule has 5 rings (SSSR count). The Balaban J connectivity index is 1.31. The number of carbonyl (C=O) groups excluding carboxylic acids is 1. The summed E-state index contributed by atoms with van der Waals surface area (Å²) in [5.41, 5.74) is 7.00. The molecule has 3 aromatic carbocycles. The first kappa shape index (κ1) is 24.9. The molecule has 0 bridgehead atoms. The third-order valence-electron chi connectivity index (χ3n) is 5.79. The molecule has 0 aliphatic heterocycles. The normalized spacial score (nSPS) is 11.0. The summed E-state index contributed by atoms with van der Waals surface area (Å²) in [5.74, 6) is 0.796. The van der Waals surface area contributed by atoms with Crippen LogP contribution in [0.15, 0.2) is 102 Å². The van der Waals surface area contributed by atoms with Gasteiger partial charge in [0.15, 0.2) is 11.5 Å². The second-order valence-electron chi connectivity index (χ2n) is 8.34. The number of aromatic nitrogens is 2. The van der Waals surface area contributed by atoms with E-state index in [1.165, 1.54) is 0 Å². The van der Waals surface area contributed by atoms with Gasteiger partial charge in [-0.15, -0.1) is 0 Å². The van der Waals surface area contributed by atoms with Crippen LogP contribution in [0.5, 0.6) is 11.5 Å². The van der Waals surface area contributed by atoms with Crippen molar-refractivity contribution in [3.05, 3.63) is 119 Å². The van der Waals surface area contributed by atoms with Crippen LogP contribution in [0.3, 0.4) is 0 Å². The predicted octanol–water partition coefficient (Wildman–Crippen LogP) is 6.30. The highest BCUT2D eigenvalue weighted by molar-refractivity contribution is 6.30. The molecule has 1 N–H and O–H groups in total. The number of rotatable bonds is 8. The zero-order chi connectivity index (χ0) is 26.3. The molecule has 5 aromatic rings. The van der Waals surface area contributed by atoms with Crippen LogP contribution in [0.4, 0.5) is 0 Å². The number of hydrogen-bond donors (Lipinski definition) is 1. The maximum absolute atomic E-state index is 13.1. The van der Waals surface area contributed by atoms with E-state index in [0.29, 0.717) is 39.9 Å². The zero-order valence-electron chi connectivity index (χ0n) is 20.5. The summed E-state index contributed by atoms with van der Waals surface area (Å²) < 4.78 is 11.4. The van der Waals surface area contributed by atoms with Crippen LogP contribution < -0.4 is 14.9 Å². The third-order valence-corrected chi connectivity index (χ3v) is 6.05. The van der Waals surface area contributed by atoms with E-state index >= 15 is 0 Å². The van der Waals surface area contributed by atoms with Crippen LogP contribution in [0.1, 0.15) is 21.5 Å². The van der Waals surface area contributed by atoms with Crippen molar-refractivity contribution in [1.82, 2.24) is 15.4 Å². The van der Waals surface area contributed by atoms with Gasteiger partial charge in [-0.1, -0.05) is 41.9 Å². The van der Waals surface area contributed by atoms with Crippen molar-refractivity contribution in [3.63, 3.8) is 0 Å². The number of ether oxygens (including phenoxy) is 2. The van der Waals surface area contributed by atoms with E-state index in [0.717, 1.165) is 22.1 Å². The van der Waals surface area contributed by atoms with Crippen LogP contribution in [-0.2, 0) is 6.61 Å². The minimum atomic E-state index is -0.347. The number of para-hydroxylation sites is 1. The first-order chi connectivity index (χ1) is 18.6. The highest BCUT2D eigenvalue weighted by atomic mass is 35.5. The van der Waals surface area contributed by atoms with Crippen molar-refractivity contribution < 1.29 is 14.3 Å². The summed E-state index contributed by atoms with van der Waals surface area (Å²) >= 11 is 5.94. The Hall–Kier alpha value is -4.75. The number of fused-ring (bicyclic) bond motifs is 1. The molecule has 7 nitrogen and oxygen atoms in total. The number of hydrazone groups is 1. The lowest BCUT2D eigenvalue weighted by Crippen LogP contribution is -2.18. The highest BCUT2D eigenvalue weighted by Crippen LogP contribution is 2.29. The summed E-state index contributed by atoms with van der Waals surface area (Å²) in [6.45, 7) is 0.373. The Morgan fingerprint density at radius 3 is 2.63 bits per heavy atom. The van der Waals surface area contributed by atoms with Crippen molar-refractivity contribution in [2.24, 2.45) is 5.10 Å². The molecule has 0 radical (unpaired) electrons. The molecular weight excluding hydrogens is 500 g/mol. The summed E-state index contributed by atoms with van der Waals surface area (Å²) in [7, 11) is 1.57. The molecule has 0 spiro atoms. The maximum Gasteiger partial charge on any atom is 0.272 e. The quantitative estimate of drug-likeness (QED) is 0.191. The number of pyridine rings is 2. The number of nitrogens with zero attached hydrogens (tertiary/aromatic N) is 3. The Labute approximate surface area is 224 Å². The molecule has 0 aliphatic rings. The molecule has 0 saturated heterocycles. The van der Waals surface area contributed by atoms with Crippen LogP contribution in [0, 0.1) is 0 Å². The Kier molecular flexibility index (Phi) is 7.57. The molecule has 0 saturated carbocycles. The third kappa shape index (κ3) is 5.79. The molecule has 0 fully saturated rings. The zero-order valence-corrected chi connectivity index (χ0v) is 21.2. The SMILES string of the molecule is COc1cc(/C=N\NC(=O)c2cc(-c3cccnc3)nc3ccccc23)ccc1OCc1ccc(Cl)cc1. The number of nitrogens with one attached hydrogen (secondary N) is 1. The number of hydrogen-bond acceptors (Lipinski definition) is 6. The molecule has 2 heterocycles. The van der Waals surface area contributed by atoms with Gasteiger partial charge in [-0.3, -0.25) is 9.78 Å². The maximum atomic E-state index is 13.1. The fourth-order valence-corrected chi connectivity index (χ4v) is 4.00. The molecule has 0 unspecified atom stereocenters. The van der Waals surface area contributed by atoms with E-state index in [4.69, 9.17) is 26.1 Å². The molecule has 188 valence electrons. The first-order valence-electron chi connectivity index (χ1n) is 11.8. The van der Waals surface area contributed by atoms with Crippen molar-refractivity contribution in [2.45, 2.75) is 6.61 Å². The van der Waals surface area contributed by atoms with Gasteiger partial charge < -0.3 is 9.47 Å². The average Bonchev–Trinajstić information content (AvgIpc) is 2.97. The predicted molar refractivity (Wildman–Crippen MR) is 149 cm³/mol. The van der Waals surface area contributed by atoms with E-state index in [1.807, 2.05) is 66.7 Å². The van der Waals surface area contributed by atoms with Gasteiger partial charge in [0.1, 0.15) is 6.61 Å². The van der Waals surface area contributed by atoms with Crippen LogP contribution >= 0.6 is 11.6 Å². The van der Waals surface area contributed by atoms with Crippen molar-refractivity contribution in [3.8, 4) is 22.8 Å². The molecule has 1 amide bonds. The lowest BCUT2D eigenvalue weighted by molar-refractivity contribution is 0.0956. The molecule has 0 atom stereocenters. The Bertz CT molecular complexity index is 1610. The first-order valence-corrected chi connectivity index (χ1v) is 12.2. The lowest BCUT2D eigenvalue weighted by Gasteiger charge is -2.11. The summed E-state index contributed by atoms with van der Waals surface area (Å²) in [4.78, 5) is 22.0. The van der Waals surface area contributed by atoms with Gasteiger partial charge in [0, 0.05) is 28.4 Å². The van der Waals surface area contributed by atoms with E-state index in [2.05, 4.69) is 15.5 Å². The van der Waals surface area contributed by atoms with Gasteiger partial charge in [0.05, 0.1) is 30.1 Å². The number of halogens is 1. The summed E-state index contributed by atoms with van der Waals surface area (Å²) in [5, 5.41) is 5.58. The van der Waals surface area contributed by atoms with Crippen molar-refractivity contribution in [2.75, 3.05) is 7.11 Å². The molecular formula is C30H23ClN4O3. The van der Waals surface area contributed by atoms with Gasteiger partial charge in [0.2, 0.25) is 0 Å². The molecule has 38 heavy (non-hydrogen) atoms. The van der Waals surface area contributed by atoms with Gasteiger partial charge in [-0.25, -0.2) is 10.4 Å². The van der Waals surface area contributed by atoms with Crippen LogP contribution in [0.2, 0.25) is 5.02 Å². The van der Waals surface area contributed by atoms with Gasteiger partial charge >= 0.3 is 0 Å². The second-order valence-corrected chi connectivity index (χ2v) is 8.77. The van der Waals surface area contributed by atoms with E-state index in [1.54, 1.807) is 43.9 Å². The lowest BCUT2D eigenvalue weighted by atomic mass is 10.0. The van der Waals surface area contributed by atoms with Crippen molar-refractivity contribution >= 4 is 34.6 Å².